The van der Waals surface area contributed by atoms with Crippen molar-refractivity contribution in [2.24, 2.45) is 11.8 Å². The molecule has 0 heterocycles. The summed E-state index contributed by atoms with van der Waals surface area (Å²) in [5.41, 5.74) is 0. The Balaban J connectivity index is 4.25. The predicted octanol–water partition coefficient (Wildman–Crippen LogP) is 18.5. The molecule has 6 nitrogen and oxygen atoms in total. The fourth-order valence-electron chi connectivity index (χ4n) is 8.66. The van der Waals surface area contributed by atoms with E-state index in [0.29, 0.717) is 19.3 Å². The van der Waals surface area contributed by atoms with Crippen LogP contribution < -0.4 is 0 Å². The Morgan fingerprint density at radius 2 is 0.603 bits per heavy atom. The van der Waals surface area contributed by atoms with Gasteiger partial charge < -0.3 is 14.2 Å². The average Bonchev–Trinajstić information content (AvgIpc) is 3.27. The third-order valence-corrected chi connectivity index (χ3v) is 13.3. The highest BCUT2D eigenvalue weighted by Crippen LogP contribution is 2.18. The first-order chi connectivity index (χ1) is 30.8. The summed E-state index contributed by atoms with van der Waals surface area (Å²) in [6.07, 6.45) is 52.4. The Morgan fingerprint density at radius 3 is 0.905 bits per heavy atom. The fourth-order valence-corrected chi connectivity index (χ4v) is 8.66. The van der Waals surface area contributed by atoms with Gasteiger partial charge in [0.1, 0.15) is 13.2 Å². The summed E-state index contributed by atoms with van der Waals surface area (Å²) in [4.78, 5) is 38.0. The van der Waals surface area contributed by atoms with Crippen molar-refractivity contribution in [3.8, 4) is 0 Å². The first kappa shape index (κ1) is 61.4. The molecule has 0 aliphatic heterocycles. The van der Waals surface area contributed by atoms with Gasteiger partial charge in [-0.15, -0.1) is 0 Å². The molecule has 0 aromatic rings. The molecule has 0 bridgehead atoms. The molecule has 0 saturated carbocycles. The SMILES string of the molecule is CCCCCCCCCCCCCCCCCCCCC(=O)OC[C@@H](COC(=O)CCCCCCCCC(C)CC)OC(=O)CCCCCCCCCCCCCCCCC(C)C. The van der Waals surface area contributed by atoms with Crippen LogP contribution in [0.1, 0.15) is 317 Å². The van der Waals surface area contributed by atoms with Gasteiger partial charge in [0.2, 0.25) is 0 Å². The lowest BCUT2D eigenvalue weighted by molar-refractivity contribution is -0.167. The Morgan fingerprint density at radius 1 is 0.333 bits per heavy atom. The number of carbonyl (C=O) groups is 3. The van der Waals surface area contributed by atoms with E-state index in [0.717, 1.165) is 69.6 Å². The van der Waals surface area contributed by atoms with Crippen LogP contribution in [0.3, 0.4) is 0 Å². The summed E-state index contributed by atoms with van der Waals surface area (Å²) in [6.45, 7) is 11.4. The number of rotatable bonds is 51. The van der Waals surface area contributed by atoms with Gasteiger partial charge in [-0.3, -0.25) is 14.4 Å². The van der Waals surface area contributed by atoms with Crippen molar-refractivity contribution in [3.05, 3.63) is 0 Å². The van der Waals surface area contributed by atoms with Crippen LogP contribution in [-0.2, 0) is 28.6 Å². The highest BCUT2D eigenvalue weighted by atomic mass is 16.6. The van der Waals surface area contributed by atoms with Crippen LogP contribution in [-0.4, -0.2) is 37.2 Å². The van der Waals surface area contributed by atoms with E-state index in [2.05, 4.69) is 34.6 Å². The second-order valence-electron chi connectivity index (χ2n) is 20.3. The van der Waals surface area contributed by atoms with Crippen molar-refractivity contribution in [1.29, 1.82) is 0 Å². The lowest BCUT2D eigenvalue weighted by Gasteiger charge is -2.18. The summed E-state index contributed by atoms with van der Waals surface area (Å²) in [7, 11) is 0. The Kier molecular flexibility index (Phi) is 48.6. The Labute approximate surface area is 393 Å². The summed E-state index contributed by atoms with van der Waals surface area (Å²) < 4.78 is 16.9. The van der Waals surface area contributed by atoms with Crippen LogP contribution in [0.15, 0.2) is 0 Å². The van der Waals surface area contributed by atoms with Gasteiger partial charge in [-0.1, -0.05) is 279 Å². The molecule has 374 valence electrons. The van der Waals surface area contributed by atoms with E-state index in [1.807, 2.05) is 0 Å². The van der Waals surface area contributed by atoms with Gasteiger partial charge in [0.05, 0.1) is 0 Å². The largest absolute Gasteiger partial charge is 0.462 e. The summed E-state index contributed by atoms with van der Waals surface area (Å²) in [5.74, 6) is 0.812. The molecular formula is C57H110O6. The second kappa shape index (κ2) is 49.8. The number of esters is 3. The standard InChI is InChI=1S/C57H110O6/c1-6-8-9-10-11-12-13-14-15-16-17-18-22-25-28-31-37-42-47-55(58)61-50-54(51-62-56(59)48-43-38-34-33-36-41-46-53(5)7-2)63-57(60)49-44-39-32-29-26-23-20-19-21-24-27-30-35-40-45-52(3)4/h52-54H,6-51H2,1-5H3/t53?,54-/m0/s1. The van der Waals surface area contributed by atoms with Crippen molar-refractivity contribution in [2.75, 3.05) is 13.2 Å². The van der Waals surface area contributed by atoms with Crippen molar-refractivity contribution in [1.82, 2.24) is 0 Å². The van der Waals surface area contributed by atoms with Crippen LogP contribution in [0, 0.1) is 11.8 Å². The normalized spacial score (nSPS) is 12.5. The van der Waals surface area contributed by atoms with Gasteiger partial charge in [0.25, 0.3) is 0 Å². The van der Waals surface area contributed by atoms with Crippen LogP contribution >= 0.6 is 0 Å². The maximum absolute atomic E-state index is 12.8. The van der Waals surface area contributed by atoms with E-state index in [1.165, 1.54) is 205 Å². The number of carbonyl (C=O) groups excluding carboxylic acids is 3. The lowest BCUT2D eigenvalue weighted by Crippen LogP contribution is -2.30. The minimum Gasteiger partial charge on any atom is -0.462 e. The fraction of sp³-hybridized carbons (Fsp3) is 0.947. The molecule has 0 N–H and O–H groups in total. The third kappa shape index (κ3) is 49.7. The van der Waals surface area contributed by atoms with E-state index in [1.54, 1.807) is 0 Å². The van der Waals surface area contributed by atoms with Crippen molar-refractivity contribution >= 4 is 17.9 Å². The Hall–Kier alpha value is -1.59. The lowest BCUT2D eigenvalue weighted by atomic mass is 10.00. The molecule has 0 spiro atoms. The number of ether oxygens (including phenoxy) is 3. The first-order valence-corrected chi connectivity index (χ1v) is 28.3. The zero-order valence-corrected chi connectivity index (χ0v) is 43.2. The van der Waals surface area contributed by atoms with E-state index < -0.39 is 6.10 Å². The zero-order valence-electron chi connectivity index (χ0n) is 43.2. The number of hydrogen-bond acceptors (Lipinski definition) is 6. The minimum atomic E-state index is -0.763. The van der Waals surface area contributed by atoms with Gasteiger partial charge in [-0.2, -0.15) is 0 Å². The molecule has 2 atom stereocenters. The summed E-state index contributed by atoms with van der Waals surface area (Å²) in [5, 5.41) is 0. The molecule has 1 unspecified atom stereocenters. The first-order valence-electron chi connectivity index (χ1n) is 28.3. The second-order valence-corrected chi connectivity index (χ2v) is 20.3. The van der Waals surface area contributed by atoms with Gasteiger partial charge in [0.15, 0.2) is 6.10 Å². The topological polar surface area (TPSA) is 78.9 Å². The van der Waals surface area contributed by atoms with Crippen LogP contribution in [0.4, 0.5) is 0 Å². The highest BCUT2D eigenvalue weighted by Gasteiger charge is 2.19. The van der Waals surface area contributed by atoms with Crippen molar-refractivity contribution in [2.45, 2.75) is 323 Å². The minimum absolute atomic E-state index is 0.0636. The number of unbranched alkanes of at least 4 members (excludes halogenated alkanes) is 35. The average molecular weight is 892 g/mol. The maximum Gasteiger partial charge on any atom is 0.306 e. The molecule has 0 amide bonds. The van der Waals surface area contributed by atoms with Crippen molar-refractivity contribution < 1.29 is 28.6 Å². The van der Waals surface area contributed by atoms with E-state index in [-0.39, 0.29) is 31.1 Å². The molecule has 0 aromatic carbocycles. The summed E-state index contributed by atoms with van der Waals surface area (Å²) >= 11 is 0. The summed E-state index contributed by atoms with van der Waals surface area (Å²) in [6, 6.07) is 0. The van der Waals surface area contributed by atoms with E-state index >= 15 is 0 Å². The molecule has 0 saturated heterocycles. The maximum atomic E-state index is 12.8. The molecule has 0 radical (unpaired) electrons. The van der Waals surface area contributed by atoms with E-state index in [9.17, 15) is 14.4 Å². The number of hydrogen-bond donors (Lipinski definition) is 0. The van der Waals surface area contributed by atoms with E-state index in [4.69, 9.17) is 14.2 Å². The van der Waals surface area contributed by atoms with Crippen LogP contribution in [0.5, 0.6) is 0 Å². The monoisotopic (exact) mass is 891 g/mol. The Bertz CT molecular complexity index is 964. The predicted molar refractivity (Wildman–Crippen MR) is 270 cm³/mol. The molecule has 0 aromatic heterocycles. The molecule has 6 heteroatoms. The smallest absolute Gasteiger partial charge is 0.306 e. The third-order valence-electron chi connectivity index (χ3n) is 13.3. The van der Waals surface area contributed by atoms with Gasteiger partial charge in [-0.05, 0) is 31.1 Å². The molecule has 0 aliphatic rings. The molecule has 0 fully saturated rings. The molecular weight excluding hydrogens is 781 g/mol. The molecule has 63 heavy (non-hydrogen) atoms. The molecule has 0 rings (SSSR count). The van der Waals surface area contributed by atoms with Crippen molar-refractivity contribution in [3.63, 3.8) is 0 Å². The van der Waals surface area contributed by atoms with Gasteiger partial charge in [-0.25, -0.2) is 0 Å². The quantitative estimate of drug-likeness (QED) is 0.0344. The molecule has 0 aliphatic carbocycles. The van der Waals surface area contributed by atoms with Gasteiger partial charge in [0, 0.05) is 19.3 Å². The highest BCUT2D eigenvalue weighted by molar-refractivity contribution is 5.71. The van der Waals surface area contributed by atoms with Gasteiger partial charge >= 0.3 is 17.9 Å². The van der Waals surface area contributed by atoms with Crippen LogP contribution in [0.25, 0.3) is 0 Å². The zero-order chi connectivity index (χ0) is 46.1. The van der Waals surface area contributed by atoms with Crippen LogP contribution in [0.2, 0.25) is 0 Å².